The van der Waals surface area contributed by atoms with Gasteiger partial charge in [0.2, 0.25) is 11.2 Å². The number of fused-ring (bicyclic) bond motifs is 1. The van der Waals surface area contributed by atoms with E-state index in [-0.39, 0.29) is 11.5 Å². The summed E-state index contributed by atoms with van der Waals surface area (Å²) in [6, 6.07) is 6.96. The molecule has 1 aromatic heterocycles. The minimum Gasteiger partial charge on any atom is -0.618 e. The van der Waals surface area contributed by atoms with Gasteiger partial charge in [-0.3, -0.25) is 4.79 Å². The molecule has 2 aromatic rings. The van der Waals surface area contributed by atoms with Crippen molar-refractivity contribution >= 4 is 16.8 Å². The number of aromatic nitrogens is 2. The maximum absolute atomic E-state index is 11.8. The molecule has 0 amide bonds. The number of carbonyl (C=O) groups is 1. The molecule has 1 aromatic carbocycles. The molecule has 1 heterocycles. The van der Waals surface area contributed by atoms with Crippen LogP contribution < -0.4 is 4.73 Å². The Morgan fingerprint density at radius 2 is 2.07 bits per heavy atom. The number of para-hydroxylation sites is 2. The van der Waals surface area contributed by atoms with Crippen LogP contribution in [0, 0.1) is 12.1 Å². The van der Waals surface area contributed by atoms with Crippen molar-refractivity contribution in [2.45, 2.75) is 13.8 Å². The molecule has 4 heteroatoms. The van der Waals surface area contributed by atoms with Crippen LogP contribution in [0.2, 0.25) is 0 Å². The Morgan fingerprint density at radius 3 is 2.73 bits per heavy atom. The predicted octanol–water partition coefficient (Wildman–Crippen LogP) is 1.38. The first-order chi connectivity index (χ1) is 7.11. The lowest BCUT2D eigenvalue weighted by molar-refractivity contribution is -0.584. The Hall–Kier alpha value is -1.97. The Kier molecular flexibility index (Phi) is 2.11. The number of nitrogens with zero attached hydrogens (tertiary/aromatic N) is 2. The standard InChI is InChI=1S/C11H10N2O2/c1-7-11(8(2)14)12-9-5-3-4-6-10(9)13(7)15/h3-6H,1-2H3. The van der Waals surface area contributed by atoms with Crippen LogP contribution in [0.4, 0.5) is 0 Å². The molecule has 0 bridgehead atoms. The smallest absolute Gasteiger partial charge is 0.242 e. The number of rotatable bonds is 1. The van der Waals surface area contributed by atoms with Crippen LogP contribution >= 0.6 is 0 Å². The average molecular weight is 202 g/mol. The summed E-state index contributed by atoms with van der Waals surface area (Å²) in [7, 11) is 0. The zero-order valence-electron chi connectivity index (χ0n) is 8.52. The van der Waals surface area contributed by atoms with Crippen LogP contribution in [-0.4, -0.2) is 10.8 Å². The van der Waals surface area contributed by atoms with Crippen LogP contribution in [0.1, 0.15) is 23.1 Å². The average Bonchev–Trinajstić information content (AvgIpc) is 2.23. The van der Waals surface area contributed by atoms with Crippen molar-refractivity contribution in [2.24, 2.45) is 0 Å². The quantitative estimate of drug-likeness (QED) is 0.399. The van der Waals surface area contributed by atoms with Crippen LogP contribution in [0.5, 0.6) is 0 Å². The van der Waals surface area contributed by atoms with Crippen LogP contribution in [0.15, 0.2) is 24.3 Å². The maximum Gasteiger partial charge on any atom is 0.242 e. The van der Waals surface area contributed by atoms with Crippen molar-refractivity contribution in [2.75, 3.05) is 0 Å². The SMILES string of the molecule is CC(=O)c1nc2ccccc2[n+]([O-])c1C. The van der Waals surface area contributed by atoms with Crippen molar-refractivity contribution in [3.05, 3.63) is 40.9 Å². The number of hydrogen-bond donors (Lipinski definition) is 0. The molecule has 0 aliphatic rings. The van der Waals surface area contributed by atoms with Gasteiger partial charge in [0.1, 0.15) is 5.52 Å². The monoisotopic (exact) mass is 202 g/mol. The first kappa shape index (κ1) is 9.58. The van der Waals surface area contributed by atoms with Crippen molar-refractivity contribution in [3.63, 3.8) is 0 Å². The molecule has 0 aliphatic heterocycles. The lowest BCUT2D eigenvalue weighted by Crippen LogP contribution is -2.34. The number of benzene rings is 1. The molecule has 0 aliphatic carbocycles. The minimum absolute atomic E-state index is 0.192. The lowest BCUT2D eigenvalue weighted by Gasteiger charge is -2.06. The van der Waals surface area contributed by atoms with E-state index in [1.54, 1.807) is 31.2 Å². The normalized spacial score (nSPS) is 10.5. The van der Waals surface area contributed by atoms with Gasteiger partial charge in [0.15, 0.2) is 11.5 Å². The van der Waals surface area contributed by atoms with Gasteiger partial charge in [-0.1, -0.05) is 12.1 Å². The summed E-state index contributed by atoms with van der Waals surface area (Å²) in [5.41, 5.74) is 1.62. The van der Waals surface area contributed by atoms with E-state index in [0.717, 1.165) is 4.73 Å². The zero-order chi connectivity index (χ0) is 11.0. The van der Waals surface area contributed by atoms with Crippen molar-refractivity contribution in [1.29, 1.82) is 0 Å². The summed E-state index contributed by atoms with van der Waals surface area (Å²) in [6.07, 6.45) is 0. The molecular formula is C11H10N2O2. The second-order valence-corrected chi connectivity index (χ2v) is 3.39. The fourth-order valence-corrected chi connectivity index (χ4v) is 1.54. The summed E-state index contributed by atoms with van der Waals surface area (Å²) >= 11 is 0. The van der Waals surface area contributed by atoms with E-state index < -0.39 is 0 Å². The van der Waals surface area contributed by atoms with Gasteiger partial charge in [0, 0.05) is 19.9 Å². The van der Waals surface area contributed by atoms with E-state index >= 15 is 0 Å². The van der Waals surface area contributed by atoms with Crippen molar-refractivity contribution in [1.82, 2.24) is 4.98 Å². The predicted molar refractivity (Wildman–Crippen MR) is 55.4 cm³/mol. The highest BCUT2D eigenvalue weighted by molar-refractivity contribution is 5.94. The van der Waals surface area contributed by atoms with Gasteiger partial charge in [-0.2, -0.15) is 4.73 Å². The molecule has 0 unspecified atom stereocenters. The summed E-state index contributed by atoms with van der Waals surface area (Å²) in [5.74, 6) is -0.192. The third kappa shape index (κ3) is 1.44. The Morgan fingerprint density at radius 1 is 1.40 bits per heavy atom. The maximum atomic E-state index is 11.8. The van der Waals surface area contributed by atoms with Crippen LogP contribution in [-0.2, 0) is 0 Å². The van der Waals surface area contributed by atoms with Gasteiger partial charge >= 0.3 is 0 Å². The molecule has 0 fully saturated rings. The first-order valence-electron chi connectivity index (χ1n) is 4.61. The summed E-state index contributed by atoms with van der Waals surface area (Å²) in [5, 5.41) is 11.8. The topological polar surface area (TPSA) is 56.9 Å². The summed E-state index contributed by atoms with van der Waals surface area (Å²) in [4.78, 5) is 15.4. The highest BCUT2D eigenvalue weighted by Crippen LogP contribution is 2.10. The fraction of sp³-hybridized carbons (Fsp3) is 0.182. The molecule has 76 valence electrons. The van der Waals surface area contributed by atoms with E-state index in [0.29, 0.717) is 16.7 Å². The summed E-state index contributed by atoms with van der Waals surface area (Å²) in [6.45, 7) is 3.01. The van der Waals surface area contributed by atoms with Gasteiger partial charge in [0.05, 0.1) is 0 Å². The second-order valence-electron chi connectivity index (χ2n) is 3.39. The van der Waals surface area contributed by atoms with Crippen LogP contribution in [0.3, 0.4) is 0 Å². The molecule has 0 atom stereocenters. The molecule has 0 N–H and O–H groups in total. The van der Waals surface area contributed by atoms with Gasteiger partial charge in [-0.15, -0.1) is 0 Å². The largest absolute Gasteiger partial charge is 0.618 e. The molecular weight excluding hydrogens is 192 g/mol. The Labute approximate surface area is 86.8 Å². The van der Waals surface area contributed by atoms with Gasteiger partial charge < -0.3 is 5.21 Å². The molecule has 0 saturated heterocycles. The highest BCUT2D eigenvalue weighted by Gasteiger charge is 2.17. The third-order valence-corrected chi connectivity index (χ3v) is 2.31. The third-order valence-electron chi connectivity index (χ3n) is 2.31. The van der Waals surface area contributed by atoms with Gasteiger partial charge in [0.25, 0.3) is 0 Å². The van der Waals surface area contributed by atoms with Gasteiger partial charge in [-0.25, -0.2) is 4.98 Å². The van der Waals surface area contributed by atoms with E-state index in [4.69, 9.17) is 0 Å². The number of ketones is 1. The second kappa shape index (κ2) is 3.31. The van der Waals surface area contributed by atoms with Crippen LogP contribution in [0.25, 0.3) is 11.0 Å². The Balaban J connectivity index is 2.88. The first-order valence-corrected chi connectivity index (χ1v) is 4.61. The van der Waals surface area contributed by atoms with Gasteiger partial charge in [-0.05, 0) is 6.07 Å². The highest BCUT2D eigenvalue weighted by atomic mass is 16.5. The van der Waals surface area contributed by atoms with E-state index in [2.05, 4.69) is 4.98 Å². The van der Waals surface area contributed by atoms with Crippen molar-refractivity contribution in [3.8, 4) is 0 Å². The molecule has 0 spiro atoms. The molecule has 4 nitrogen and oxygen atoms in total. The Bertz CT molecular complexity index is 550. The molecule has 0 saturated carbocycles. The minimum atomic E-state index is -0.192. The summed E-state index contributed by atoms with van der Waals surface area (Å²) < 4.78 is 0.749. The molecule has 15 heavy (non-hydrogen) atoms. The number of Topliss-reactive ketones (excluding diaryl/α,β-unsaturated/α-hetero) is 1. The van der Waals surface area contributed by atoms with E-state index in [1.165, 1.54) is 6.92 Å². The van der Waals surface area contributed by atoms with E-state index in [1.807, 2.05) is 0 Å². The number of carbonyl (C=O) groups excluding carboxylic acids is 1. The molecule has 0 radical (unpaired) electrons. The fourth-order valence-electron chi connectivity index (χ4n) is 1.54. The molecule has 2 rings (SSSR count). The lowest BCUT2D eigenvalue weighted by atomic mass is 10.2. The zero-order valence-corrected chi connectivity index (χ0v) is 8.52. The van der Waals surface area contributed by atoms with E-state index in [9.17, 15) is 10.0 Å². The van der Waals surface area contributed by atoms with Crippen molar-refractivity contribution < 1.29 is 9.52 Å². The number of hydrogen-bond acceptors (Lipinski definition) is 3.